The number of anilines is 1. The summed E-state index contributed by atoms with van der Waals surface area (Å²) in [5, 5.41) is 3.28. The van der Waals surface area contributed by atoms with Gasteiger partial charge < -0.3 is 4.74 Å². The van der Waals surface area contributed by atoms with Gasteiger partial charge in [-0.1, -0.05) is 0 Å². The second-order valence-electron chi connectivity index (χ2n) is 7.47. The van der Waals surface area contributed by atoms with Crippen LogP contribution in [-0.2, 0) is 10.0 Å². The fourth-order valence-electron chi connectivity index (χ4n) is 2.98. The minimum Gasteiger partial charge on any atom is -0.494 e. The molecule has 2 aromatic carbocycles. The van der Waals surface area contributed by atoms with E-state index in [2.05, 4.69) is 10.3 Å². The third-order valence-electron chi connectivity index (χ3n) is 4.98. The number of ether oxygens (including phenoxy) is 1. The first-order valence-electron chi connectivity index (χ1n) is 10.2. The summed E-state index contributed by atoms with van der Waals surface area (Å²) in [5.41, 5.74) is 2.09. The number of carbonyl (C=O) groups excluding carboxylic acids is 1. The second kappa shape index (κ2) is 9.81. The SMILES string of the molecule is CCOc1ccc(-c2nc(NC(=O)c3ccc(S(=O)(=O)N(C)C(C)C)cc3)sc2C)cc1. The Hall–Kier alpha value is -2.75. The normalized spacial score (nSPS) is 11.7. The number of rotatable bonds is 8. The van der Waals surface area contributed by atoms with Crippen molar-refractivity contribution < 1.29 is 17.9 Å². The topological polar surface area (TPSA) is 88.6 Å². The molecule has 0 saturated heterocycles. The molecule has 1 amide bonds. The zero-order chi connectivity index (χ0) is 23.5. The van der Waals surface area contributed by atoms with Crippen molar-refractivity contribution in [2.75, 3.05) is 19.0 Å². The van der Waals surface area contributed by atoms with Crippen molar-refractivity contribution in [2.24, 2.45) is 0 Å². The summed E-state index contributed by atoms with van der Waals surface area (Å²) in [6, 6.07) is 13.4. The van der Waals surface area contributed by atoms with E-state index in [1.54, 1.807) is 13.8 Å². The van der Waals surface area contributed by atoms with E-state index in [9.17, 15) is 13.2 Å². The minimum atomic E-state index is -3.60. The maximum atomic E-state index is 12.7. The number of nitrogens with zero attached hydrogens (tertiary/aromatic N) is 2. The van der Waals surface area contributed by atoms with Crippen molar-refractivity contribution in [3.8, 4) is 17.0 Å². The van der Waals surface area contributed by atoms with E-state index in [0.717, 1.165) is 21.9 Å². The van der Waals surface area contributed by atoms with E-state index in [1.807, 2.05) is 38.1 Å². The van der Waals surface area contributed by atoms with Crippen LogP contribution in [0.1, 0.15) is 36.0 Å². The smallest absolute Gasteiger partial charge is 0.257 e. The summed E-state index contributed by atoms with van der Waals surface area (Å²) in [5.74, 6) is 0.445. The first-order chi connectivity index (χ1) is 15.1. The van der Waals surface area contributed by atoms with Crippen LogP contribution in [0.2, 0.25) is 0 Å². The summed E-state index contributed by atoms with van der Waals surface area (Å²) in [6.07, 6.45) is 0. The van der Waals surface area contributed by atoms with Gasteiger partial charge in [-0.15, -0.1) is 11.3 Å². The van der Waals surface area contributed by atoms with Gasteiger partial charge >= 0.3 is 0 Å². The highest BCUT2D eigenvalue weighted by Gasteiger charge is 2.23. The third-order valence-corrected chi connectivity index (χ3v) is 7.91. The van der Waals surface area contributed by atoms with Crippen molar-refractivity contribution in [1.82, 2.24) is 9.29 Å². The van der Waals surface area contributed by atoms with Crippen LogP contribution < -0.4 is 10.1 Å². The van der Waals surface area contributed by atoms with Gasteiger partial charge in [0.05, 0.1) is 17.2 Å². The Bertz CT molecular complexity index is 1180. The standard InChI is InChI=1S/C23H27N3O4S2/c1-6-30-19-11-7-17(8-12-19)21-16(4)31-23(24-21)25-22(27)18-9-13-20(14-10-18)32(28,29)26(5)15(2)3/h7-15H,6H2,1-5H3,(H,24,25,27). The van der Waals surface area contributed by atoms with Gasteiger partial charge in [0.2, 0.25) is 10.0 Å². The van der Waals surface area contributed by atoms with E-state index in [-0.39, 0.29) is 16.8 Å². The Kier molecular flexibility index (Phi) is 7.33. The maximum absolute atomic E-state index is 12.7. The number of aromatic nitrogens is 1. The number of hydrogen-bond acceptors (Lipinski definition) is 6. The molecule has 0 fully saturated rings. The van der Waals surface area contributed by atoms with Crippen molar-refractivity contribution in [1.29, 1.82) is 0 Å². The zero-order valence-corrected chi connectivity index (χ0v) is 20.4. The summed E-state index contributed by atoms with van der Waals surface area (Å²) in [7, 11) is -2.06. The molecule has 0 saturated carbocycles. The molecular weight excluding hydrogens is 446 g/mol. The van der Waals surface area contributed by atoms with E-state index in [0.29, 0.717) is 17.3 Å². The molecule has 1 aromatic heterocycles. The Balaban J connectivity index is 1.74. The Morgan fingerprint density at radius 3 is 2.31 bits per heavy atom. The second-order valence-corrected chi connectivity index (χ2v) is 10.7. The number of amides is 1. The summed E-state index contributed by atoms with van der Waals surface area (Å²) >= 11 is 1.38. The van der Waals surface area contributed by atoms with Crippen molar-refractivity contribution >= 4 is 32.4 Å². The predicted octanol–water partition coefficient (Wildman–Crippen LogP) is 4.80. The van der Waals surface area contributed by atoms with Crippen LogP contribution in [0.5, 0.6) is 5.75 Å². The number of carbonyl (C=O) groups is 1. The summed E-state index contributed by atoms with van der Waals surface area (Å²) in [4.78, 5) is 18.4. The first-order valence-corrected chi connectivity index (χ1v) is 12.5. The van der Waals surface area contributed by atoms with Crippen molar-refractivity contribution in [3.05, 3.63) is 59.0 Å². The van der Waals surface area contributed by atoms with E-state index in [1.165, 1.54) is 47.0 Å². The first kappa shape index (κ1) is 23.9. The van der Waals surface area contributed by atoms with Gasteiger partial charge in [-0.2, -0.15) is 4.31 Å². The molecule has 0 aliphatic rings. The van der Waals surface area contributed by atoms with Crippen LogP contribution in [-0.4, -0.2) is 43.3 Å². The van der Waals surface area contributed by atoms with Gasteiger partial charge in [-0.3, -0.25) is 10.1 Å². The molecule has 0 unspecified atom stereocenters. The quantitative estimate of drug-likeness (QED) is 0.508. The van der Waals surface area contributed by atoms with Crippen molar-refractivity contribution in [2.45, 2.75) is 38.6 Å². The van der Waals surface area contributed by atoms with Gasteiger partial charge in [-0.25, -0.2) is 13.4 Å². The molecule has 0 aliphatic heterocycles. The molecule has 3 rings (SSSR count). The number of hydrogen-bond donors (Lipinski definition) is 1. The van der Waals surface area contributed by atoms with Crippen molar-refractivity contribution in [3.63, 3.8) is 0 Å². The summed E-state index contributed by atoms with van der Waals surface area (Å²) < 4.78 is 31.9. The number of benzene rings is 2. The summed E-state index contributed by atoms with van der Waals surface area (Å²) in [6.45, 7) is 8.09. The molecule has 1 heterocycles. The highest BCUT2D eigenvalue weighted by Crippen LogP contribution is 2.31. The lowest BCUT2D eigenvalue weighted by molar-refractivity contribution is 0.102. The molecule has 0 bridgehead atoms. The number of sulfonamides is 1. The molecule has 0 radical (unpaired) electrons. The fourth-order valence-corrected chi connectivity index (χ4v) is 5.18. The molecule has 170 valence electrons. The number of aryl methyl sites for hydroxylation is 1. The van der Waals surface area contributed by atoms with Crippen LogP contribution >= 0.6 is 11.3 Å². The van der Waals surface area contributed by atoms with Gasteiger partial charge in [0.1, 0.15) is 5.75 Å². The fraction of sp³-hybridized carbons (Fsp3) is 0.304. The van der Waals surface area contributed by atoms with Gasteiger partial charge in [-0.05, 0) is 76.2 Å². The van der Waals surface area contributed by atoms with E-state index >= 15 is 0 Å². The highest BCUT2D eigenvalue weighted by molar-refractivity contribution is 7.89. The Morgan fingerprint density at radius 2 is 1.75 bits per heavy atom. The van der Waals surface area contributed by atoms with E-state index in [4.69, 9.17) is 4.74 Å². The molecular formula is C23H27N3O4S2. The zero-order valence-electron chi connectivity index (χ0n) is 18.7. The molecule has 0 atom stereocenters. The lowest BCUT2D eigenvalue weighted by Crippen LogP contribution is -2.33. The van der Waals surface area contributed by atoms with Gasteiger partial charge in [0.15, 0.2) is 5.13 Å². The molecule has 0 aliphatic carbocycles. The molecule has 3 aromatic rings. The van der Waals surface area contributed by atoms with Crippen LogP contribution in [0.25, 0.3) is 11.3 Å². The molecule has 0 spiro atoms. The third kappa shape index (κ3) is 5.17. The van der Waals surface area contributed by atoms with Crippen LogP contribution in [0.15, 0.2) is 53.4 Å². The molecule has 7 nitrogen and oxygen atoms in total. The lowest BCUT2D eigenvalue weighted by atomic mass is 10.1. The minimum absolute atomic E-state index is 0.146. The average Bonchev–Trinajstić information content (AvgIpc) is 3.13. The number of nitrogens with one attached hydrogen (secondary N) is 1. The average molecular weight is 474 g/mol. The van der Waals surface area contributed by atoms with Gasteiger partial charge in [0.25, 0.3) is 5.91 Å². The van der Waals surface area contributed by atoms with Crippen LogP contribution in [0, 0.1) is 6.92 Å². The molecule has 1 N–H and O–H groups in total. The van der Waals surface area contributed by atoms with Crippen LogP contribution in [0.3, 0.4) is 0 Å². The maximum Gasteiger partial charge on any atom is 0.257 e. The monoisotopic (exact) mass is 473 g/mol. The predicted molar refractivity (Wildman–Crippen MR) is 128 cm³/mol. The Morgan fingerprint density at radius 1 is 1.12 bits per heavy atom. The molecule has 9 heteroatoms. The largest absolute Gasteiger partial charge is 0.494 e. The highest BCUT2D eigenvalue weighted by atomic mass is 32.2. The van der Waals surface area contributed by atoms with Gasteiger partial charge in [0, 0.05) is 29.1 Å². The van der Waals surface area contributed by atoms with E-state index < -0.39 is 10.0 Å². The molecule has 32 heavy (non-hydrogen) atoms. The number of thiazole rings is 1. The lowest BCUT2D eigenvalue weighted by Gasteiger charge is -2.20. The van der Waals surface area contributed by atoms with Crippen LogP contribution in [0.4, 0.5) is 5.13 Å². The Labute approximate surface area is 193 Å².